The summed E-state index contributed by atoms with van der Waals surface area (Å²) >= 11 is 0.991. The first-order valence-corrected chi connectivity index (χ1v) is 9.27. The Morgan fingerprint density at radius 2 is 1.93 bits per heavy atom. The first-order valence-electron chi connectivity index (χ1n) is 8.39. The molecule has 0 aliphatic carbocycles. The largest absolute Gasteiger partial charge is 0.416 e. The number of hydrogen-bond donors (Lipinski definition) is 0. The molecule has 160 valence electrons. The van der Waals surface area contributed by atoms with Gasteiger partial charge in [-0.25, -0.2) is 9.97 Å². The summed E-state index contributed by atoms with van der Waals surface area (Å²) in [6, 6.07) is 4.55. The van der Waals surface area contributed by atoms with Crippen molar-refractivity contribution >= 4 is 17.2 Å². The molecule has 0 atom stereocenters. The van der Waals surface area contributed by atoms with Crippen LogP contribution in [-0.2, 0) is 19.3 Å². The molecule has 0 fully saturated rings. The van der Waals surface area contributed by atoms with Crippen molar-refractivity contribution < 1.29 is 31.1 Å². The van der Waals surface area contributed by atoms with E-state index in [1.807, 2.05) is 0 Å². The quantitative estimate of drug-likeness (QED) is 0.524. The first kappa shape index (κ1) is 21.8. The number of halogens is 6. The van der Waals surface area contributed by atoms with Gasteiger partial charge in [0.1, 0.15) is 23.1 Å². The summed E-state index contributed by atoms with van der Waals surface area (Å²) in [4.78, 5) is 21.6. The van der Waals surface area contributed by atoms with Crippen LogP contribution in [0.4, 0.5) is 26.3 Å². The molecule has 0 bridgehead atoms. The van der Waals surface area contributed by atoms with Crippen molar-refractivity contribution in [2.75, 3.05) is 7.05 Å². The highest BCUT2D eigenvalue weighted by molar-refractivity contribution is 7.13. The average molecular weight is 448 g/mol. The maximum Gasteiger partial charge on any atom is 0.416 e. The number of rotatable bonds is 5. The Balaban J connectivity index is 1.75. The van der Waals surface area contributed by atoms with Crippen LogP contribution in [0.15, 0.2) is 42.0 Å². The number of amides is 1. The fourth-order valence-electron chi connectivity index (χ4n) is 2.64. The number of aromatic nitrogens is 3. The van der Waals surface area contributed by atoms with Gasteiger partial charge in [-0.05, 0) is 12.1 Å². The predicted octanol–water partition coefficient (Wildman–Crippen LogP) is 4.86. The predicted molar refractivity (Wildman–Crippen MR) is 96.6 cm³/mol. The highest BCUT2D eigenvalue weighted by Gasteiger charge is 2.31. The Morgan fingerprint density at radius 3 is 2.60 bits per heavy atom. The number of carbonyl (C=O) groups is 1. The Kier molecular flexibility index (Phi) is 5.88. The molecule has 0 aliphatic rings. The first-order chi connectivity index (χ1) is 13.9. The van der Waals surface area contributed by atoms with E-state index >= 15 is 0 Å². The molecule has 1 amide bonds. The van der Waals surface area contributed by atoms with Gasteiger partial charge in [0.2, 0.25) is 0 Å². The van der Waals surface area contributed by atoms with E-state index in [4.69, 9.17) is 0 Å². The van der Waals surface area contributed by atoms with Crippen LogP contribution in [-0.4, -0.2) is 38.6 Å². The molecular weight excluding hydrogens is 434 g/mol. The van der Waals surface area contributed by atoms with Crippen LogP contribution in [0, 0.1) is 0 Å². The molecule has 30 heavy (non-hydrogen) atoms. The molecule has 3 aromatic rings. The fourth-order valence-corrected chi connectivity index (χ4v) is 3.43. The van der Waals surface area contributed by atoms with Gasteiger partial charge in [-0.1, -0.05) is 12.1 Å². The Morgan fingerprint density at radius 1 is 1.20 bits per heavy atom. The molecule has 1 aromatic carbocycles. The summed E-state index contributed by atoms with van der Waals surface area (Å²) in [6.45, 7) is -1.43. The van der Waals surface area contributed by atoms with Gasteiger partial charge in [-0.3, -0.25) is 4.79 Å². The van der Waals surface area contributed by atoms with Crippen molar-refractivity contribution in [1.82, 2.24) is 19.4 Å². The topological polar surface area (TPSA) is 51.0 Å². The van der Waals surface area contributed by atoms with Crippen molar-refractivity contribution in [3.8, 4) is 10.6 Å². The standard InChI is InChI=1S/C18H14F6N4OS/c1-27(8-14-25-5-6-28(14)10-17(19,20)21)16(29)13-9-30-15(26-13)11-3-2-4-12(7-11)18(22,23)24/h2-7,9H,8,10H2,1H3. The van der Waals surface area contributed by atoms with Gasteiger partial charge in [0.15, 0.2) is 0 Å². The SMILES string of the molecule is CN(Cc1nccn1CC(F)(F)F)C(=O)c1csc(-c2cccc(C(F)(F)F)c2)n1. The lowest BCUT2D eigenvalue weighted by Crippen LogP contribution is -2.29. The van der Waals surface area contributed by atoms with Gasteiger partial charge >= 0.3 is 12.4 Å². The molecule has 0 spiro atoms. The maximum atomic E-state index is 12.9. The second kappa shape index (κ2) is 8.09. The van der Waals surface area contributed by atoms with Crippen molar-refractivity contribution in [3.05, 3.63) is 59.1 Å². The van der Waals surface area contributed by atoms with Gasteiger partial charge in [0.25, 0.3) is 5.91 Å². The minimum absolute atomic E-state index is 0.0242. The van der Waals surface area contributed by atoms with E-state index in [2.05, 4.69) is 9.97 Å². The van der Waals surface area contributed by atoms with Crippen molar-refractivity contribution in [2.45, 2.75) is 25.4 Å². The lowest BCUT2D eigenvalue weighted by atomic mass is 10.1. The van der Waals surface area contributed by atoms with Crippen LogP contribution >= 0.6 is 11.3 Å². The minimum Gasteiger partial charge on any atom is -0.333 e. The Hall–Kier alpha value is -2.89. The van der Waals surface area contributed by atoms with Crippen LogP contribution in [0.3, 0.4) is 0 Å². The van der Waals surface area contributed by atoms with Crippen molar-refractivity contribution in [1.29, 1.82) is 0 Å². The zero-order valence-electron chi connectivity index (χ0n) is 15.3. The van der Waals surface area contributed by atoms with E-state index in [0.717, 1.165) is 39.1 Å². The summed E-state index contributed by atoms with van der Waals surface area (Å²) in [6.07, 6.45) is -6.58. The van der Waals surface area contributed by atoms with Crippen LogP contribution in [0.5, 0.6) is 0 Å². The number of thiazole rings is 1. The molecule has 0 unspecified atom stereocenters. The summed E-state index contributed by atoms with van der Waals surface area (Å²) in [5.74, 6) is -0.553. The van der Waals surface area contributed by atoms with E-state index < -0.39 is 30.4 Å². The summed E-state index contributed by atoms with van der Waals surface area (Å²) in [5, 5.41) is 1.60. The molecule has 3 rings (SSSR count). The third-order valence-corrected chi connectivity index (χ3v) is 4.93. The number of nitrogens with zero attached hydrogens (tertiary/aromatic N) is 4. The molecular formula is C18H14F6N4OS. The number of hydrogen-bond acceptors (Lipinski definition) is 4. The number of alkyl halides is 6. The van der Waals surface area contributed by atoms with Gasteiger partial charge in [-0.15, -0.1) is 11.3 Å². The molecule has 2 heterocycles. The number of benzene rings is 1. The average Bonchev–Trinajstić information content (AvgIpc) is 3.29. The summed E-state index contributed by atoms with van der Waals surface area (Å²) < 4.78 is 77.4. The third-order valence-electron chi connectivity index (χ3n) is 4.04. The second-order valence-corrected chi connectivity index (χ2v) is 7.22. The monoisotopic (exact) mass is 448 g/mol. The second-order valence-electron chi connectivity index (χ2n) is 6.36. The number of carbonyl (C=O) groups excluding carboxylic acids is 1. The van der Waals surface area contributed by atoms with Gasteiger partial charge in [-0.2, -0.15) is 26.3 Å². The highest BCUT2D eigenvalue weighted by atomic mass is 32.1. The lowest BCUT2D eigenvalue weighted by molar-refractivity contribution is -0.141. The van der Waals surface area contributed by atoms with E-state index in [1.165, 1.54) is 30.8 Å². The zero-order chi connectivity index (χ0) is 22.1. The Bertz CT molecular complexity index is 1040. The number of imidazole rings is 1. The van der Waals surface area contributed by atoms with Crippen LogP contribution < -0.4 is 0 Å². The highest BCUT2D eigenvalue weighted by Crippen LogP contribution is 2.33. The third kappa shape index (κ3) is 5.17. The Labute approximate surface area is 170 Å². The normalized spacial score (nSPS) is 12.2. The fraction of sp³-hybridized carbons (Fsp3) is 0.278. The molecule has 0 N–H and O–H groups in total. The molecule has 0 saturated carbocycles. The molecule has 0 radical (unpaired) electrons. The van der Waals surface area contributed by atoms with E-state index in [0.29, 0.717) is 0 Å². The molecule has 0 aliphatic heterocycles. The molecule has 2 aromatic heterocycles. The van der Waals surface area contributed by atoms with Gasteiger partial charge < -0.3 is 9.47 Å². The van der Waals surface area contributed by atoms with Crippen LogP contribution in [0.1, 0.15) is 21.9 Å². The zero-order valence-corrected chi connectivity index (χ0v) is 16.1. The summed E-state index contributed by atoms with van der Waals surface area (Å²) in [5.41, 5.74) is -0.655. The van der Waals surface area contributed by atoms with E-state index in [9.17, 15) is 31.1 Å². The van der Waals surface area contributed by atoms with Gasteiger partial charge in [0.05, 0.1) is 12.1 Å². The lowest BCUT2D eigenvalue weighted by Gasteiger charge is -2.17. The van der Waals surface area contributed by atoms with Crippen molar-refractivity contribution in [2.24, 2.45) is 0 Å². The summed E-state index contributed by atoms with van der Waals surface area (Å²) in [7, 11) is 1.37. The molecule has 0 saturated heterocycles. The van der Waals surface area contributed by atoms with Crippen molar-refractivity contribution in [3.63, 3.8) is 0 Å². The minimum atomic E-state index is -4.51. The maximum absolute atomic E-state index is 12.9. The smallest absolute Gasteiger partial charge is 0.333 e. The van der Waals surface area contributed by atoms with Crippen LogP contribution in [0.2, 0.25) is 0 Å². The molecule has 12 heteroatoms. The van der Waals surface area contributed by atoms with E-state index in [1.54, 1.807) is 0 Å². The van der Waals surface area contributed by atoms with Crippen LogP contribution in [0.25, 0.3) is 10.6 Å². The van der Waals surface area contributed by atoms with E-state index in [-0.39, 0.29) is 28.6 Å². The molecule has 5 nitrogen and oxygen atoms in total. The van der Waals surface area contributed by atoms with Gasteiger partial charge in [0, 0.05) is 30.4 Å².